The average Bonchev–Trinajstić information content (AvgIpc) is 3.23. The number of ether oxygens (including phenoxy) is 2. The minimum atomic E-state index is -0.526. The second kappa shape index (κ2) is 8.39. The Kier molecular flexibility index (Phi) is 6.16. The van der Waals surface area contributed by atoms with Crippen LogP contribution in [0, 0.1) is 5.82 Å². The third-order valence-corrected chi connectivity index (χ3v) is 4.91. The molecule has 146 valence electrons. The zero-order chi connectivity index (χ0) is 19.4. The fraction of sp³-hybridized carbons (Fsp3) is 0.526. The summed E-state index contributed by atoms with van der Waals surface area (Å²) in [4.78, 5) is 12.0. The maximum Gasteiger partial charge on any atom is 0.316 e. The van der Waals surface area contributed by atoms with Crippen LogP contribution in [0.3, 0.4) is 0 Å². The molecule has 1 aromatic heterocycles. The highest BCUT2D eigenvalue weighted by molar-refractivity contribution is 7.99. The molecular formula is C19H24FN3O3S. The standard InChI is InChI=1S/C19H24FN3O3S/c1-19(2,3)26-16(24)12-27-18-22-21-17(13-6-8-14(20)9-7-13)23(18)11-15-5-4-10-25-15/h6-9,15H,4-5,10-12H2,1-3H3. The van der Waals surface area contributed by atoms with Gasteiger partial charge in [0.2, 0.25) is 0 Å². The lowest BCUT2D eigenvalue weighted by Crippen LogP contribution is -2.25. The van der Waals surface area contributed by atoms with Crippen LogP contribution in [0.5, 0.6) is 0 Å². The molecule has 1 fully saturated rings. The van der Waals surface area contributed by atoms with Crippen molar-refractivity contribution in [1.82, 2.24) is 14.8 Å². The van der Waals surface area contributed by atoms with Gasteiger partial charge in [-0.15, -0.1) is 10.2 Å². The van der Waals surface area contributed by atoms with Crippen LogP contribution in [0.2, 0.25) is 0 Å². The predicted octanol–water partition coefficient (Wildman–Crippen LogP) is 3.70. The molecular weight excluding hydrogens is 369 g/mol. The van der Waals surface area contributed by atoms with E-state index in [1.54, 1.807) is 12.1 Å². The van der Waals surface area contributed by atoms with Gasteiger partial charge in [0.15, 0.2) is 11.0 Å². The lowest BCUT2D eigenvalue weighted by atomic mass is 10.2. The first-order valence-corrected chi connectivity index (χ1v) is 9.96. The van der Waals surface area contributed by atoms with Crippen molar-refractivity contribution in [3.8, 4) is 11.4 Å². The average molecular weight is 393 g/mol. The summed E-state index contributed by atoms with van der Waals surface area (Å²) in [5, 5.41) is 9.14. The Morgan fingerprint density at radius 3 is 2.70 bits per heavy atom. The van der Waals surface area contributed by atoms with Gasteiger partial charge in [-0.05, 0) is 57.9 Å². The van der Waals surface area contributed by atoms with Crippen molar-refractivity contribution in [2.45, 2.75) is 57.0 Å². The van der Waals surface area contributed by atoms with E-state index in [4.69, 9.17) is 9.47 Å². The van der Waals surface area contributed by atoms with Crippen molar-refractivity contribution < 1.29 is 18.7 Å². The number of halogens is 1. The largest absolute Gasteiger partial charge is 0.459 e. The fourth-order valence-electron chi connectivity index (χ4n) is 2.86. The first-order chi connectivity index (χ1) is 12.8. The summed E-state index contributed by atoms with van der Waals surface area (Å²) in [5.41, 5.74) is 0.244. The molecule has 3 rings (SSSR count). The van der Waals surface area contributed by atoms with Gasteiger partial charge < -0.3 is 9.47 Å². The van der Waals surface area contributed by atoms with E-state index < -0.39 is 5.60 Å². The molecule has 0 amide bonds. The van der Waals surface area contributed by atoms with Gasteiger partial charge in [0.1, 0.15) is 11.4 Å². The molecule has 2 aromatic rings. The van der Waals surface area contributed by atoms with Crippen molar-refractivity contribution in [1.29, 1.82) is 0 Å². The summed E-state index contributed by atoms with van der Waals surface area (Å²) in [6.45, 7) is 6.85. The van der Waals surface area contributed by atoms with Crippen LogP contribution in [-0.4, -0.2) is 44.8 Å². The van der Waals surface area contributed by atoms with E-state index >= 15 is 0 Å². The summed E-state index contributed by atoms with van der Waals surface area (Å²) in [6.07, 6.45) is 2.08. The van der Waals surface area contributed by atoms with Gasteiger partial charge in [-0.25, -0.2) is 4.39 Å². The smallest absolute Gasteiger partial charge is 0.316 e. The van der Waals surface area contributed by atoms with Crippen LogP contribution in [-0.2, 0) is 20.8 Å². The number of carbonyl (C=O) groups is 1. The molecule has 6 nitrogen and oxygen atoms in total. The van der Waals surface area contributed by atoms with Gasteiger partial charge >= 0.3 is 5.97 Å². The Hall–Kier alpha value is -1.93. The van der Waals surface area contributed by atoms with E-state index in [0.717, 1.165) is 25.0 Å². The number of hydrogen-bond donors (Lipinski definition) is 0. The highest BCUT2D eigenvalue weighted by Crippen LogP contribution is 2.27. The van der Waals surface area contributed by atoms with Crippen LogP contribution in [0.4, 0.5) is 4.39 Å². The number of thioether (sulfide) groups is 1. The van der Waals surface area contributed by atoms with Crippen molar-refractivity contribution >= 4 is 17.7 Å². The highest BCUT2D eigenvalue weighted by atomic mass is 32.2. The number of aromatic nitrogens is 3. The number of hydrogen-bond acceptors (Lipinski definition) is 6. The molecule has 0 spiro atoms. The molecule has 1 aromatic carbocycles. The zero-order valence-corrected chi connectivity index (χ0v) is 16.6. The van der Waals surface area contributed by atoms with Gasteiger partial charge in [-0.1, -0.05) is 11.8 Å². The van der Waals surface area contributed by atoms with Gasteiger partial charge in [0, 0.05) is 12.2 Å². The van der Waals surface area contributed by atoms with Crippen molar-refractivity contribution in [2.24, 2.45) is 0 Å². The van der Waals surface area contributed by atoms with Crippen LogP contribution < -0.4 is 0 Å². The number of carbonyl (C=O) groups excluding carboxylic acids is 1. The monoisotopic (exact) mass is 393 g/mol. The zero-order valence-electron chi connectivity index (χ0n) is 15.8. The first kappa shape index (κ1) is 19.8. The van der Waals surface area contributed by atoms with E-state index in [1.807, 2.05) is 25.3 Å². The molecule has 0 radical (unpaired) electrons. The summed E-state index contributed by atoms with van der Waals surface area (Å²) in [5.74, 6) is 0.174. The first-order valence-electron chi connectivity index (χ1n) is 8.97. The third-order valence-electron chi connectivity index (χ3n) is 3.97. The molecule has 1 aliphatic rings. The Bertz CT molecular complexity index is 780. The van der Waals surface area contributed by atoms with Crippen LogP contribution in [0.25, 0.3) is 11.4 Å². The molecule has 0 bridgehead atoms. The van der Waals surface area contributed by atoms with E-state index in [9.17, 15) is 9.18 Å². The molecule has 0 saturated carbocycles. The van der Waals surface area contributed by atoms with Gasteiger partial charge in [0.25, 0.3) is 0 Å². The second-order valence-corrected chi connectivity index (χ2v) is 8.38. The normalized spacial score (nSPS) is 17.3. The third kappa shape index (κ3) is 5.52. The number of rotatable bonds is 6. The van der Waals surface area contributed by atoms with Gasteiger partial charge in [-0.2, -0.15) is 0 Å². The van der Waals surface area contributed by atoms with Crippen LogP contribution in [0.1, 0.15) is 33.6 Å². The van der Waals surface area contributed by atoms with E-state index in [0.29, 0.717) is 17.5 Å². The lowest BCUT2D eigenvalue weighted by molar-refractivity contribution is -0.151. The van der Waals surface area contributed by atoms with Crippen molar-refractivity contribution in [3.63, 3.8) is 0 Å². The Labute approximate surface area is 162 Å². The quantitative estimate of drug-likeness (QED) is 0.551. The van der Waals surface area contributed by atoms with Crippen molar-refractivity contribution in [3.05, 3.63) is 30.1 Å². The lowest BCUT2D eigenvalue weighted by Gasteiger charge is -2.19. The Balaban J connectivity index is 1.80. The van der Waals surface area contributed by atoms with E-state index in [1.165, 1.54) is 23.9 Å². The predicted molar refractivity (Wildman–Crippen MR) is 101 cm³/mol. The second-order valence-electron chi connectivity index (χ2n) is 7.43. The molecule has 1 unspecified atom stereocenters. The molecule has 27 heavy (non-hydrogen) atoms. The summed E-state index contributed by atoms with van der Waals surface area (Å²) >= 11 is 1.28. The SMILES string of the molecule is CC(C)(C)OC(=O)CSc1nnc(-c2ccc(F)cc2)n1CC1CCCO1. The molecule has 8 heteroatoms. The van der Waals surface area contributed by atoms with E-state index in [2.05, 4.69) is 10.2 Å². The van der Waals surface area contributed by atoms with E-state index in [-0.39, 0.29) is 23.6 Å². The summed E-state index contributed by atoms with van der Waals surface area (Å²) in [7, 11) is 0. The maximum atomic E-state index is 13.3. The molecule has 1 atom stereocenters. The summed E-state index contributed by atoms with van der Waals surface area (Å²) < 4.78 is 26.3. The fourth-order valence-corrected chi connectivity index (χ4v) is 3.58. The molecule has 0 aliphatic carbocycles. The number of benzene rings is 1. The van der Waals surface area contributed by atoms with Gasteiger partial charge in [0.05, 0.1) is 18.4 Å². The molecule has 0 N–H and O–H groups in total. The summed E-state index contributed by atoms with van der Waals surface area (Å²) in [6, 6.07) is 6.14. The Morgan fingerprint density at radius 1 is 1.33 bits per heavy atom. The topological polar surface area (TPSA) is 66.2 Å². The number of nitrogens with zero attached hydrogens (tertiary/aromatic N) is 3. The van der Waals surface area contributed by atoms with Crippen LogP contribution in [0.15, 0.2) is 29.4 Å². The molecule has 1 aliphatic heterocycles. The number of esters is 1. The molecule has 2 heterocycles. The maximum absolute atomic E-state index is 13.3. The minimum Gasteiger partial charge on any atom is -0.459 e. The minimum absolute atomic E-state index is 0.0843. The van der Waals surface area contributed by atoms with Gasteiger partial charge in [-0.3, -0.25) is 9.36 Å². The molecule has 1 saturated heterocycles. The van der Waals surface area contributed by atoms with Crippen molar-refractivity contribution in [2.75, 3.05) is 12.4 Å². The Morgan fingerprint density at radius 2 is 2.07 bits per heavy atom. The van der Waals surface area contributed by atoms with Crippen LogP contribution >= 0.6 is 11.8 Å². The highest BCUT2D eigenvalue weighted by Gasteiger charge is 2.23.